The molecule has 0 saturated carbocycles. The number of rotatable bonds is 1. The quantitative estimate of drug-likeness (QED) is 0.733. The van der Waals surface area contributed by atoms with Gasteiger partial charge in [-0.1, -0.05) is 0 Å². The molecule has 76 valence electrons. The van der Waals surface area contributed by atoms with E-state index in [-0.39, 0.29) is 11.9 Å². The van der Waals surface area contributed by atoms with Crippen molar-refractivity contribution in [3.05, 3.63) is 17.7 Å². The number of likely N-dealkylation sites (tertiary alicyclic amines) is 1. The van der Waals surface area contributed by atoms with Crippen LogP contribution in [0.3, 0.4) is 0 Å². The number of nitrogens with zero attached hydrogens (tertiary/aromatic N) is 2. The van der Waals surface area contributed by atoms with E-state index in [1.165, 1.54) is 0 Å². The molecule has 2 heterocycles. The molecule has 1 N–H and O–H groups in total. The van der Waals surface area contributed by atoms with Crippen molar-refractivity contribution in [2.45, 2.75) is 32.7 Å². The Morgan fingerprint density at radius 3 is 3.07 bits per heavy atom. The van der Waals surface area contributed by atoms with Crippen molar-refractivity contribution in [2.75, 3.05) is 6.54 Å². The molecule has 1 aliphatic rings. The number of amides is 1. The molecule has 1 fully saturated rings. The predicted molar refractivity (Wildman–Crippen MR) is 52.7 cm³/mol. The summed E-state index contributed by atoms with van der Waals surface area (Å²) in [7, 11) is 0. The van der Waals surface area contributed by atoms with Crippen LogP contribution in [0.5, 0.6) is 0 Å². The Labute approximate surface area is 83.3 Å². The number of aromatic nitrogens is 2. The normalized spacial score (nSPS) is 21.6. The van der Waals surface area contributed by atoms with Crippen LogP contribution in [0, 0.1) is 6.92 Å². The summed E-state index contributed by atoms with van der Waals surface area (Å²) >= 11 is 0. The number of carbonyl (C=O) groups is 1. The Morgan fingerprint density at radius 2 is 2.50 bits per heavy atom. The third kappa shape index (κ3) is 1.52. The molecule has 1 amide bonds. The molecule has 0 unspecified atom stereocenters. The second-order valence-corrected chi connectivity index (χ2v) is 3.82. The van der Waals surface area contributed by atoms with E-state index in [4.69, 9.17) is 0 Å². The van der Waals surface area contributed by atoms with Gasteiger partial charge in [0.15, 0.2) is 0 Å². The van der Waals surface area contributed by atoms with Crippen LogP contribution in [0.2, 0.25) is 0 Å². The van der Waals surface area contributed by atoms with E-state index in [0.717, 1.165) is 30.9 Å². The van der Waals surface area contributed by atoms with Crippen molar-refractivity contribution >= 4 is 5.91 Å². The van der Waals surface area contributed by atoms with Crippen LogP contribution in [0.1, 0.15) is 37.3 Å². The van der Waals surface area contributed by atoms with Crippen LogP contribution in [0.15, 0.2) is 6.20 Å². The summed E-state index contributed by atoms with van der Waals surface area (Å²) in [6, 6.07) is 0.168. The maximum absolute atomic E-state index is 11.3. The molecule has 0 radical (unpaired) electrons. The Balaban J connectivity index is 2.21. The maximum atomic E-state index is 11.3. The molecular weight excluding hydrogens is 178 g/mol. The number of hydrogen-bond donors (Lipinski definition) is 1. The van der Waals surface area contributed by atoms with Gasteiger partial charge >= 0.3 is 0 Å². The minimum Gasteiger partial charge on any atom is -0.344 e. The fourth-order valence-corrected chi connectivity index (χ4v) is 2.03. The molecule has 4 heteroatoms. The largest absolute Gasteiger partial charge is 0.344 e. The summed E-state index contributed by atoms with van der Waals surface area (Å²) in [5, 5.41) is 0. The molecule has 4 nitrogen and oxygen atoms in total. The van der Waals surface area contributed by atoms with Crippen molar-refractivity contribution in [3.63, 3.8) is 0 Å². The van der Waals surface area contributed by atoms with E-state index in [1.807, 2.05) is 18.0 Å². The van der Waals surface area contributed by atoms with Gasteiger partial charge in [-0.25, -0.2) is 4.98 Å². The van der Waals surface area contributed by atoms with Crippen LogP contribution < -0.4 is 0 Å². The van der Waals surface area contributed by atoms with Gasteiger partial charge in [-0.05, 0) is 19.8 Å². The average molecular weight is 193 g/mol. The number of aromatic amines is 1. The molecule has 0 aliphatic carbocycles. The number of carbonyl (C=O) groups excluding carboxylic acids is 1. The van der Waals surface area contributed by atoms with E-state index in [2.05, 4.69) is 9.97 Å². The highest BCUT2D eigenvalue weighted by molar-refractivity contribution is 5.74. The van der Waals surface area contributed by atoms with E-state index in [0.29, 0.717) is 0 Å². The average Bonchev–Trinajstić information content (AvgIpc) is 2.70. The monoisotopic (exact) mass is 193 g/mol. The first-order valence-corrected chi connectivity index (χ1v) is 4.97. The number of H-pyrrole nitrogens is 1. The minimum atomic E-state index is 0.140. The molecule has 1 atom stereocenters. The zero-order chi connectivity index (χ0) is 10.1. The molecule has 1 saturated heterocycles. The Hall–Kier alpha value is -1.32. The predicted octanol–water partition coefficient (Wildman–Crippen LogP) is 1.40. The first-order valence-electron chi connectivity index (χ1n) is 4.97. The maximum Gasteiger partial charge on any atom is 0.220 e. The molecule has 14 heavy (non-hydrogen) atoms. The van der Waals surface area contributed by atoms with Gasteiger partial charge in [0.05, 0.1) is 6.04 Å². The van der Waals surface area contributed by atoms with Gasteiger partial charge in [0.1, 0.15) is 5.82 Å². The van der Waals surface area contributed by atoms with Crippen molar-refractivity contribution in [3.8, 4) is 0 Å². The standard InChI is InChI=1S/C10H15N3O/c1-7-6-11-10(12-7)9-4-3-5-13(9)8(2)14/h6,9H,3-5H2,1-2H3,(H,11,12)/t9-/m0/s1. The van der Waals surface area contributed by atoms with Gasteiger partial charge in [-0.2, -0.15) is 0 Å². The number of nitrogens with one attached hydrogen (secondary N) is 1. The molecule has 0 aromatic carbocycles. The molecule has 1 aromatic rings. The molecule has 2 rings (SSSR count). The summed E-state index contributed by atoms with van der Waals surface area (Å²) in [6.07, 6.45) is 3.91. The summed E-state index contributed by atoms with van der Waals surface area (Å²) in [5.41, 5.74) is 1.05. The number of hydrogen-bond acceptors (Lipinski definition) is 2. The highest BCUT2D eigenvalue weighted by Gasteiger charge is 2.29. The van der Waals surface area contributed by atoms with Crippen LogP contribution in [0.4, 0.5) is 0 Å². The van der Waals surface area contributed by atoms with Gasteiger partial charge in [-0.3, -0.25) is 4.79 Å². The Morgan fingerprint density at radius 1 is 1.71 bits per heavy atom. The molecule has 1 aliphatic heterocycles. The lowest BCUT2D eigenvalue weighted by Gasteiger charge is -2.21. The third-order valence-corrected chi connectivity index (χ3v) is 2.70. The van der Waals surface area contributed by atoms with Gasteiger partial charge in [0, 0.05) is 25.4 Å². The van der Waals surface area contributed by atoms with E-state index in [1.54, 1.807) is 6.92 Å². The summed E-state index contributed by atoms with van der Waals surface area (Å²) in [5.74, 6) is 1.07. The third-order valence-electron chi connectivity index (χ3n) is 2.70. The fourth-order valence-electron chi connectivity index (χ4n) is 2.03. The summed E-state index contributed by atoms with van der Waals surface area (Å²) in [6.45, 7) is 4.46. The molecule has 0 spiro atoms. The first-order chi connectivity index (χ1) is 6.68. The molecule has 1 aromatic heterocycles. The fraction of sp³-hybridized carbons (Fsp3) is 0.600. The SMILES string of the molecule is CC(=O)N1CCC[C@H]1c1ncc(C)[nH]1. The molecule has 0 bridgehead atoms. The lowest BCUT2D eigenvalue weighted by atomic mass is 10.2. The van der Waals surface area contributed by atoms with Gasteiger partial charge in [-0.15, -0.1) is 0 Å². The zero-order valence-corrected chi connectivity index (χ0v) is 8.58. The second-order valence-electron chi connectivity index (χ2n) is 3.82. The lowest BCUT2D eigenvalue weighted by Crippen LogP contribution is -2.28. The number of aryl methyl sites for hydroxylation is 1. The van der Waals surface area contributed by atoms with E-state index >= 15 is 0 Å². The number of imidazole rings is 1. The Bertz CT molecular complexity index is 345. The minimum absolute atomic E-state index is 0.140. The highest BCUT2D eigenvalue weighted by Crippen LogP contribution is 2.29. The lowest BCUT2D eigenvalue weighted by molar-refractivity contribution is -0.129. The van der Waals surface area contributed by atoms with Crippen molar-refractivity contribution < 1.29 is 4.79 Å². The van der Waals surface area contributed by atoms with Gasteiger partial charge < -0.3 is 9.88 Å². The van der Waals surface area contributed by atoms with Gasteiger partial charge in [0.2, 0.25) is 5.91 Å². The van der Waals surface area contributed by atoms with Crippen molar-refractivity contribution in [1.29, 1.82) is 0 Å². The highest BCUT2D eigenvalue weighted by atomic mass is 16.2. The van der Waals surface area contributed by atoms with Crippen LogP contribution in [-0.4, -0.2) is 27.3 Å². The van der Waals surface area contributed by atoms with Crippen LogP contribution in [-0.2, 0) is 4.79 Å². The summed E-state index contributed by atoms with van der Waals surface area (Å²) < 4.78 is 0. The van der Waals surface area contributed by atoms with Crippen molar-refractivity contribution in [1.82, 2.24) is 14.9 Å². The first kappa shape index (κ1) is 9.24. The smallest absolute Gasteiger partial charge is 0.220 e. The zero-order valence-electron chi connectivity index (χ0n) is 8.58. The Kier molecular flexibility index (Phi) is 2.27. The van der Waals surface area contributed by atoms with Crippen LogP contribution >= 0.6 is 0 Å². The van der Waals surface area contributed by atoms with E-state index in [9.17, 15) is 4.79 Å². The van der Waals surface area contributed by atoms with Gasteiger partial charge in [0.25, 0.3) is 0 Å². The van der Waals surface area contributed by atoms with Crippen molar-refractivity contribution in [2.24, 2.45) is 0 Å². The summed E-state index contributed by atoms with van der Waals surface area (Å²) in [4.78, 5) is 20.7. The topological polar surface area (TPSA) is 49.0 Å². The molecular formula is C10H15N3O. The van der Waals surface area contributed by atoms with Crippen LogP contribution in [0.25, 0.3) is 0 Å². The second kappa shape index (κ2) is 3.44. The van der Waals surface area contributed by atoms with E-state index < -0.39 is 0 Å².